The van der Waals surface area contributed by atoms with Gasteiger partial charge >= 0.3 is 0 Å². The van der Waals surface area contributed by atoms with Crippen molar-refractivity contribution in [2.24, 2.45) is 5.92 Å². The topological polar surface area (TPSA) is 93.2 Å². The average Bonchev–Trinajstić information content (AvgIpc) is 2.93. The average molecular weight is 599 g/mol. The second kappa shape index (κ2) is 12.0. The molecule has 2 atom stereocenters. The molecule has 1 aliphatic heterocycles. The molecule has 0 fully saturated rings. The van der Waals surface area contributed by atoms with Crippen LogP contribution in [0.5, 0.6) is 5.88 Å². The van der Waals surface area contributed by atoms with Crippen LogP contribution in [0.1, 0.15) is 69.2 Å². The van der Waals surface area contributed by atoms with E-state index in [9.17, 15) is 8.42 Å². The molecule has 2 heterocycles. The molecule has 2 N–H and O–H groups in total. The van der Waals surface area contributed by atoms with Gasteiger partial charge in [0.15, 0.2) is 0 Å². The molecule has 0 saturated carbocycles. The van der Waals surface area contributed by atoms with Gasteiger partial charge in [-0.3, -0.25) is 0 Å². The Hall–Kier alpha value is -3.91. The van der Waals surface area contributed by atoms with Crippen LogP contribution in [0.25, 0.3) is 11.3 Å². The summed E-state index contributed by atoms with van der Waals surface area (Å²) in [6, 6.07) is 23.4. The third kappa shape index (κ3) is 7.02. The first kappa shape index (κ1) is 30.5. The summed E-state index contributed by atoms with van der Waals surface area (Å²) in [5.41, 5.74) is 6.84. The predicted octanol–water partition coefficient (Wildman–Crippen LogP) is 7.86. The van der Waals surface area contributed by atoms with E-state index in [4.69, 9.17) is 4.74 Å². The number of aryl methyl sites for hydroxylation is 2. The lowest BCUT2D eigenvalue weighted by molar-refractivity contribution is 0.261. The molecule has 226 valence electrons. The Labute approximate surface area is 256 Å². The van der Waals surface area contributed by atoms with Crippen molar-refractivity contribution in [2.75, 3.05) is 16.6 Å². The summed E-state index contributed by atoms with van der Waals surface area (Å²) in [7, 11) is -3.96. The van der Waals surface area contributed by atoms with Crippen LogP contribution in [0, 0.1) is 19.8 Å². The number of anilines is 2. The quantitative estimate of drug-likeness (QED) is 0.243. The highest BCUT2D eigenvalue weighted by atomic mass is 32.2. The molecule has 0 spiro atoms. The lowest BCUT2D eigenvalue weighted by atomic mass is 9.81. The van der Waals surface area contributed by atoms with Gasteiger partial charge in [0.1, 0.15) is 6.61 Å². The zero-order valence-corrected chi connectivity index (χ0v) is 26.9. The van der Waals surface area contributed by atoms with E-state index in [1.807, 2.05) is 38.1 Å². The number of hydrogen-bond donors (Lipinski definition) is 2. The van der Waals surface area contributed by atoms with Crippen LogP contribution in [-0.2, 0) is 15.4 Å². The number of sulfonamides is 1. The van der Waals surface area contributed by atoms with Crippen molar-refractivity contribution in [3.8, 4) is 17.1 Å². The molecular weight excluding hydrogens is 556 g/mol. The van der Waals surface area contributed by atoms with Crippen molar-refractivity contribution >= 4 is 21.7 Å². The van der Waals surface area contributed by atoms with Crippen molar-refractivity contribution in [2.45, 2.75) is 77.2 Å². The second-order valence-electron chi connectivity index (χ2n) is 13.0. The number of fused-ring (bicyclic) bond motifs is 4. The van der Waals surface area contributed by atoms with E-state index in [0.717, 1.165) is 23.1 Å². The minimum atomic E-state index is -3.96. The fraction of sp³-hybridized carbons (Fsp3) is 0.371. The monoisotopic (exact) mass is 598 g/mol. The van der Waals surface area contributed by atoms with Gasteiger partial charge < -0.3 is 10.1 Å². The maximum Gasteiger partial charge on any atom is 0.264 e. The van der Waals surface area contributed by atoms with Gasteiger partial charge in [-0.15, -0.1) is 0 Å². The summed E-state index contributed by atoms with van der Waals surface area (Å²) in [6.45, 7) is 15.4. The van der Waals surface area contributed by atoms with E-state index in [1.165, 1.54) is 11.1 Å². The highest BCUT2D eigenvalue weighted by Crippen LogP contribution is 2.34. The van der Waals surface area contributed by atoms with Gasteiger partial charge in [-0.2, -0.15) is 4.98 Å². The molecule has 0 aliphatic carbocycles. The summed E-state index contributed by atoms with van der Waals surface area (Å²) in [4.78, 5) is 9.27. The molecule has 4 aromatic rings. The molecule has 4 bridgehead atoms. The minimum absolute atomic E-state index is 0.0258. The van der Waals surface area contributed by atoms with Crippen molar-refractivity contribution in [1.82, 2.24) is 9.97 Å². The molecule has 2 unspecified atom stereocenters. The van der Waals surface area contributed by atoms with Gasteiger partial charge in [-0.1, -0.05) is 83.1 Å². The van der Waals surface area contributed by atoms with Crippen LogP contribution in [0.2, 0.25) is 0 Å². The Morgan fingerprint density at radius 3 is 2.26 bits per heavy atom. The van der Waals surface area contributed by atoms with Crippen LogP contribution < -0.4 is 14.8 Å². The van der Waals surface area contributed by atoms with E-state index in [1.54, 1.807) is 24.3 Å². The highest BCUT2D eigenvalue weighted by Gasteiger charge is 2.28. The second-order valence-corrected chi connectivity index (χ2v) is 14.7. The van der Waals surface area contributed by atoms with Crippen LogP contribution in [0.3, 0.4) is 0 Å². The smallest absolute Gasteiger partial charge is 0.264 e. The van der Waals surface area contributed by atoms with Gasteiger partial charge in [0.05, 0.1) is 16.6 Å². The third-order valence-electron chi connectivity index (χ3n) is 7.99. The molecular formula is C35H42N4O3S. The Balaban J connectivity index is 1.62. The van der Waals surface area contributed by atoms with Crippen molar-refractivity contribution in [1.29, 1.82) is 0 Å². The SMILES string of the molecule is Cc1cccc(C)c1-c1cc2nc(n1)NS(=O)(=O)c1cccc(c1)NC(C(CC(C)C)c1ccc(C(C)(C)C)cc1)CO2. The molecule has 5 rings (SSSR count). The Morgan fingerprint density at radius 1 is 0.930 bits per heavy atom. The van der Waals surface area contributed by atoms with E-state index in [-0.39, 0.29) is 28.2 Å². The number of benzene rings is 3. The molecule has 43 heavy (non-hydrogen) atoms. The summed E-state index contributed by atoms with van der Waals surface area (Å²) in [5, 5.41) is 3.64. The first-order valence-electron chi connectivity index (χ1n) is 14.9. The highest BCUT2D eigenvalue weighted by molar-refractivity contribution is 7.92. The van der Waals surface area contributed by atoms with E-state index in [2.05, 4.69) is 78.9 Å². The minimum Gasteiger partial charge on any atom is -0.475 e. The molecule has 0 saturated heterocycles. The molecule has 7 nitrogen and oxygen atoms in total. The Kier molecular flexibility index (Phi) is 8.52. The molecule has 0 amide bonds. The normalized spacial score (nSPS) is 17.1. The summed E-state index contributed by atoms with van der Waals surface area (Å²) in [5.74, 6) is 0.803. The van der Waals surface area contributed by atoms with Crippen LogP contribution in [0.4, 0.5) is 11.6 Å². The summed E-state index contributed by atoms with van der Waals surface area (Å²) >= 11 is 0. The van der Waals surface area contributed by atoms with E-state index in [0.29, 0.717) is 29.8 Å². The van der Waals surface area contributed by atoms with E-state index >= 15 is 0 Å². The summed E-state index contributed by atoms with van der Waals surface area (Å²) < 4.78 is 36.0. The molecule has 0 radical (unpaired) electrons. The number of aromatic nitrogens is 2. The molecule has 3 aromatic carbocycles. The standard InChI is InChI=1S/C35H42N4O3S/c1-22(2)18-29(25-14-16-26(17-15-25)35(5,6)7)31-21-42-32-20-30(33-23(3)10-8-11-24(33)4)37-34(38-32)39-43(40,41)28-13-9-12-27(19-28)36-31/h8-17,19-20,22,29,31,36H,18,21H2,1-7H3,(H,37,38,39). The van der Waals surface area contributed by atoms with Gasteiger partial charge in [0.25, 0.3) is 10.0 Å². The number of hydrogen-bond acceptors (Lipinski definition) is 6. The number of rotatable bonds is 5. The van der Waals surface area contributed by atoms with Gasteiger partial charge in [-0.05, 0) is 72.1 Å². The van der Waals surface area contributed by atoms with Crippen LogP contribution in [0.15, 0.2) is 77.7 Å². The van der Waals surface area contributed by atoms with Gasteiger partial charge in [0.2, 0.25) is 11.8 Å². The van der Waals surface area contributed by atoms with Crippen molar-refractivity contribution < 1.29 is 13.2 Å². The molecule has 1 aliphatic rings. The predicted molar refractivity (Wildman–Crippen MR) is 174 cm³/mol. The third-order valence-corrected chi connectivity index (χ3v) is 9.31. The number of ether oxygens (including phenoxy) is 1. The maximum absolute atomic E-state index is 13.5. The largest absolute Gasteiger partial charge is 0.475 e. The van der Waals surface area contributed by atoms with Gasteiger partial charge in [-0.25, -0.2) is 18.1 Å². The lowest BCUT2D eigenvalue weighted by Gasteiger charge is -2.31. The Morgan fingerprint density at radius 2 is 1.60 bits per heavy atom. The zero-order chi connectivity index (χ0) is 30.9. The zero-order valence-electron chi connectivity index (χ0n) is 26.1. The van der Waals surface area contributed by atoms with Crippen molar-refractivity contribution in [3.63, 3.8) is 0 Å². The first-order chi connectivity index (χ1) is 20.3. The van der Waals surface area contributed by atoms with E-state index < -0.39 is 10.0 Å². The number of nitrogens with one attached hydrogen (secondary N) is 2. The Bertz CT molecular complexity index is 1690. The fourth-order valence-corrected chi connectivity index (χ4v) is 6.73. The summed E-state index contributed by atoms with van der Waals surface area (Å²) in [6.07, 6.45) is 0.915. The van der Waals surface area contributed by atoms with Crippen molar-refractivity contribution in [3.05, 3.63) is 95.1 Å². The molecule has 1 aromatic heterocycles. The maximum atomic E-state index is 13.5. The van der Waals surface area contributed by atoms with Crippen LogP contribution in [-0.4, -0.2) is 31.0 Å². The fourth-order valence-electron chi connectivity index (χ4n) is 5.74. The lowest BCUT2D eigenvalue weighted by Crippen LogP contribution is -2.35. The molecule has 8 heteroatoms. The first-order valence-corrected chi connectivity index (χ1v) is 16.4. The van der Waals surface area contributed by atoms with Crippen LogP contribution >= 0.6 is 0 Å². The number of nitrogens with zero attached hydrogens (tertiary/aromatic N) is 2. The van der Waals surface area contributed by atoms with Gasteiger partial charge in [0, 0.05) is 23.2 Å².